The maximum atomic E-state index is 13.0. The number of carbonyl (C=O) groups excluding carboxylic acids is 1. The van der Waals surface area contributed by atoms with Crippen LogP contribution in [0.5, 0.6) is 0 Å². The lowest BCUT2D eigenvalue weighted by Gasteiger charge is -2.30. The molecule has 120 valence electrons. The molecule has 0 spiro atoms. The molecule has 2 saturated carbocycles. The lowest BCUT2D eigenvalue weighted by atomic mass is 9.82. The number of nitrogens with one attached hydrogen (secondary N) is 1. The molecule has 3 rings (SSSR count). The quantitative estimate of drug-likeness (QED) is 0.898. The van der Waals surface area contributed by atoms with E-state index < -0.39 is 0 Å². The summed E-state index contributed by atoms with van der Waals surface area (Å²) in [6.07, 6.45) is 3.43. The van der Waals surface area contributed by atoms with E-state index in [2.05, 4.69) is 19.2 Å². The van der Waals surface area contributed by atoms with Crippen LogP contribution < -0.4 is 11.1 Å². The summed E-state index contributed by atoms with van der Waals surface area (Å²) in [6, 6.07) is 6.51. The summed E-state index contributed by atoms with van der Waals surface area (Å²) in [6.45, 7) is 4.65. The summed E-state index contributed by atoms with van der Waals surface area (Å²) in [5.41, 5.74) is 7.02. The molecule has 3 N–H and O–H groups in total. The average molecular weight is 304 g/mol. The van der Waals surface area contributed by atoms with E-state index in [0.717, 1.165) is 18.4 Å². The second-order valence-corrected chi connectivity index (χ2v) is 7.54. The van der Waals surface area contributed by atoms with E-state index >= 15 is 0 Å². The first-order valence-electron chi connectivity index (χ1n) is 8.18. The first kappa shape index (κ1) is 15.5. The summed E-state index contributed by atoms with van der Waals surface area (Å²) in [5.74, 6) is 0.828. The molecule has 2 aliphatic rings. The highest BCUT2D eigenvalue weighted by Crippen LogP contribution is 2.47. The fourth-order valence-electron chi connectivity index (χ4n) is 4.15. The van der Waals surface area contributed by atoms with Crippen LogP contribution >= 0.6 is 0 Å². The number of rotatable bonds is 4. The van der Waals surface area contributed by atoms with Crippen molar-refractivity contribution in [2.45, 2.75) is 44.6 Å². The molecule has 0 heterocycles. The van der Waals surface area contributed by atoms with Crippen LogP contribution in [0.2, 0.25) is 0 Å². The Hall–Kier alpha value is -1.42. The Morgan fingerprint density at radius 3 is 2.50 bits per heavy atom. The molecule has 2 bridgehead atoms. The molecular formula is C18H25FN2O. The van der Waals surface area contributed by atoms with Gasteiger partial charge in [-0.3, -0.25) is 4.79 Å². The fraction of sp³-hybridized carbons (Fsp3) is 0.611. The van der Waals surface area contributed by atoms with E-state index in [9.17, 15) is 9.18 Å². The third kappa shape index (κ3) is 2.76. The SMILES string of the molecule is CC(C)(CNC(=O)C1C2CCC(C2)C1N)c1ccc(F)cc1. The minimum absolute atomic E-state index is 0.0210. The molecule has 1 aromatic carbocycles. The predicted octanol–water partition coefficient (Wildman–Crippen LogP) is 2.59. The number of nitrogens with two attached hydrogens (primary N) is 1. The normalized spacial score (nSPS) is 30.5. The number of fused-ring (bicyclic) bond motifs is 2. The van der Waals surface area contributed by atoms with Crippen molar-refractivity contribution in [3.8, 4) is 0 Å². The highest BCUT2D eigenvalue weighted by molar-refractivity contribution is 5.80. The second-order valence-electron chi connectivity index (χ2n) is 7.54. The summed E-state index contributed by atoms with van der Waals surface area (Å²) >= 11 is 0. The fourth-order valence-corrected chi connectivity index (χ4v) is 4.15. The monoisotopic (exact) mass is 304 g/mol. The van der Waals surface area contributed by atoms with Crippen LogP contribution in [0.4, 0.5) is 4.39 Å². The highest BCUT2D eigenvalue weighted by atomic mass is 19.1. The van der Waals surface area contributed by atoms with Crippen LogP contribution in [-0.4, -0.2) is 18.5 Å². The van der Waals surface area contributed by atoms with Crippen LogP contribution in [0.3, 0.4) is 0 Å². The van der Waals surface area contributed by atoms with Crippen molar-refractivity contribution < 1.29 is 9.18 Å². The molecule has 1 amide bonds. The molecule has 4 atom stereocenters. The van der Waals surface area contributed by atoms with Gasteiger partial charge < -0.3 is 11.1 Å². The van der Waals surface area contributed by atoms with Gasteiger partial charge in [-0.25, -0.2) is 4.39 Å². The number of carbonyl (C=O) groups is 1. The second kappa shape index (κ2) is 5.65. The molecule has 0 aromatic heterocycles. The molecule has 1 aromatic rings. The van der Waals surface area contributed by atoms with E-state index in [-0.39, 0.29) is 29.1 Å². The summed E-state index contributed by atoms with van der Waals surface area (Å²) in [5, 5.41) is 3.08. The Bertz CT molecular complexity index is 553. The Labute approximate surface area is 131 Å². The van der Waals surface area contributed by atoms with E-state index in [0.29, 0.717) is 18.4 Å². The van der Waals surface area contributed by atoms with Crippen molar-refractivity contribution in [1.29, 1.82) is 0 Å². The molecule has 3 nitrogen and oxygen atoms in total. The third-order valence-electron chi connectivity index (χ3n) is 5.61. The minimum atomic E-state index is -0.239. The van der Waals surface area contributed by atoms with Gasteiger partial charge in [-0.05, 0) is 48.8 Å². The van der Waals surface area contributed by atoms with E-state index in [1.807, 2.05) is 0 Å². The molecule has 22 heavy (non-hydrogen) atoms. The predicted molar refractivity (Wildman–Crippen MR) is 84.7 cm³/mol. The van der Waals surface area contributed by atoms with E-state index in [1.165, 1.54) is 18.6 Å². The van der Waals surface area contributed by atoms with E-state index in [4.69, 9.17) is 5.73 Å². The Morgan fingerprint density at radius 2 is 1.91 bits per heavy atom. The van der Waals surface area contributed by atoms with Crippen molar-refractivity contribution in [2.75, 3.05) is 6.54 Å². The number of hydrogen-bond acceptors (Lipinski definition) is 2. The number of amides is 1. The first-order valence-corrected chi connectivity index (χ1v) is 8.18. The Morgan fingerprint density at radius 1 is 1.27 bits per heavy atom. The van der Waals surface area contributed by atoms with Gasteiger partial charge in [0.15, 0.2) is 0 Å². The van der Waals surface area contributed by atoms with Crippen LogP contribution in [0.15, 0.2) is 24.3 Å². The van der Waals surface area contributed by atoms with Crippen LogP contribution in [-0.2, 0) is 10.2 Å². The molecule has 4 heteroatoms. The topological polar surface area (TPSA) is 55.1 Å². The summed E-state index contributed by atoms with van der Waals surface area (Å²) in [4.78, 5) is 12.5. The molecule has 0 aliphatic heterocycles. The third-order valence-corrected chi connectivity index (χ3v) is 5.61. The zero-order valence-corrected chi connectivity index (χ0v) is 13.3. The first-order chi connectivity index (χ1) is 10.4. The molecule has 0 saturated heterocycles. The van der Waals surface area contributed by atoms with Crippen molar-refractivity contribution in [3.63, 3.8) is 0 Å². The van der Waals surface area contributed by atoms with Crippen molar-refractivity contribution in [3.05, 3.63) is 35.6 Å². The van der Waals surface area contributed by atoms with Gasteiger partial charge in [-0.15, -0.1) is 0 Å². The zero-order chi connectivity index (χ0) is 15.9. The molecule has 4 unspecified atom stereocenters. The van der Waals surface area contributed by atoms with Crippen molar-refractivity contribution in [1.82, 2.24) is 5.32 Å². The van der Waals surface area contributed by atoms with Gasteiger partial charge in [-0.2, -0.15) is 0 Å². The van der Waals surface area contributed by atoms with Crippen molar-refractivity contribution in [2.24, 2.45) is 23.5 Å². The van der Waals surface area contributed by atoms with Gasteiger partial charge in [0, 0.05) is 18.0 Å². The summed E-state index contributed by atoms with van der Waals surface area (Å²) in [7, 11) is 0. The Balaban J connectivity index is 1.62. The largest absolute Gasteiger partial charge is 0.355 e. The minimum Gasteiger partial charge on any atom is -0.355 e. The molecule has 0 radical (unpaired) electrons. The van der Waals surface area contributed by atoms with Gasteiger partial charge in [0.2, 0.25) is 5.91 Å². The van der Waals surface area contributed by atoms with Gasteiger partial charge in [0.1, 0.15) is 5.82 Å². The lowest BCUT2D eigenvalue weighted by Crippen LogP contribution is -2.47. The molecule has 2 aliphatic carbocycles. The Kier molecular flexibility index (Phi) is 3.98. The zero-order valence-electron chi connectivity index (χ0n) is 13.3. The van der Waals surface area contributed by atoms with Crippen LogP contribution in [0, 0.1) is 23.6 Å². The highest BCUT2D eigenvalue weighted by Gasteiger charge is 2.49. The molecule has 2 fully saturated rings. The van der Waals surface area contributed by atoms with Crippen molar-refractivity contribution >= 4 is 5.91 Å². The standard InChI is InChI=1S/C18H25FN2O/c1-18(2,13-5-7-14(19)8-6-13)10-21-17(22)15-11-3-4-12(9-11)16(15)20/h5-8,11-12,15-16H,3-4,9-10,20H2,1-2H3,(H,21,22). The van der Waals surface area contributed by atoms with Gasteiger partial charge in [0.05, 0.1) is 5.92 Å². The number of benzene rings is 1. The molecular weight excluding hydrogens is 279 g/mol. The smallest absolute Gasteiger partial charge is 0.224 e. The van der Waals surface area contributed by atoms with Crippen LogP contribution in [0.25, 0.3) is 0 Å². The van der Waals surface area contributed by atoms with E-state index in [1.54, 1.807) is 12.1 Å². The number of halogens is 1. The maximum absolute atomic E-state index is 13.0. The van der Waals surface area contributed by atoms with Gasteiger partial charge >= 0.3 is 0 Å². The lowest BCUT2D eigenvalue weighted by molar-refractivity contribution is -0.127. The van der Waals surface area contributed by atoms with Gasteiger partial charge in [-0.1, -0.05) is 26.0 Å². The summed E-state index contributed by atoms with van der Waals surface area (Å²) < 4.78 is 13.0. The average Bonchev–Trinajstić information content (AvgIpc) is 3.06. The van der Waals surface area contributed by atoms with Crippen LogP contribution in [0.1, 0.15) is 38.7 Å². The number of hydrogen-bond donors (Lipinski definition) is 2. The maximum Gasteiger partial charge on any atom is 0.224 e. The van der Waals surface area contributed by atoms with Gasteiger partial charge in [0.25, 0.3) is 0 Å².